The molecular formula is C15H20O3. The highest BCUT2D eigenvalue weighted by molar-refractivity contribution is 5.83. The van der Waals surface area contributed by atoms with Crippen LogP contribution in [-0.2, 0) is 20.0 Å². The number of hydrogen-bond donors (Lipinski definition) is 0. The number of carbonyl (C=O) groups excluding carboxylic acids is 1. The summed E-state index contributed by atoms with van der Waals surface area (Å²) in [5, 5.41) is 0. The average molecular weight is 248 g/mol. The minimum absolute atomic E-state index is 0.0123. The Hall–Kier alpha value is -1.19. The zero-order valence-corrected chi connectivity index (χ0v) is 11.0. The molecule has 3 nitrogen and oxygen atoms in total. The molecule has 0 heterocycles. The van der Waals surface area contributed by atoms with Crippen LogP contribution in [-0.4, -0.2) is 19.5 Å². The van der Waals surface area contributed by atoms with Gasteiger partial charge >= 0.3 is 0 Å². The summed E-state index contributed by atoms with van der Waals surface area (Å²) in [6, 6.07) is 10.3. The number of ketones is 1. The third kappa shape index (κ3) is 2.79. The van der Waals surface area contributed by atoms with Gasteiger partial charge < -0.3 is 0 Å². The van der Waals surface area contributed by atoms with Crippen LogP contribution in [0, 0.1) is 5.92 Å². The number of rotatable bonds is 4. The van der Waals surface area contributed by atoms with E-state index in [2.05, 4.69) is 23.9 Å². The molecule has 0 N–H and O–H groups in total. The van der Waals surface area contributed by atoms with E-state index in [1.165, 1.54) is 12.7 Å². The highest BCUT2D eigenvalue weighted by Gasteiger charge is 2.37. The van der Waals surface area contributed by atoms with Crippen molar-refractivity contribution in [1.29, 1.82) is 0 Å². The molecule has 0 saturated heterocycles. The van der Waals surface area contributed by atoms with E-state index in [1.807, 2.05) is 18.2 Å². The van der Waals surface area contributed by atoms with Crippen molar-refractivity contribution in [1.82, 2.24) is 0 Å². The first-order valence-electron chi connectivity index (χ1n) is 6.39. The van der Waals surface area contributed by atoms with Crippen LogP contribution in [0.2, 0.25) is 0 Å². The van der Waals surface area contributed by atoms with Crippen molar-refractivity contribution in [3.63, 3.8) is 0 Å². The van der Waals surface area contributed by atoms with Gasteiger partial charge in [-0.15, -0.1) is 0 Å². The molecule has 1 fully saturated rings. The Bertz CT molecular complexity index is 401. The summed E-state index contributed by atoms with van der Waals surface area (Å²) in [7, 11) is 1.47. The topological polar surface area (TPSA) is 35.5 Å². The Labute approximate surface area is 108 Å². The molecule has 0 radical (unpaired) electrons. The SMILES string of the molecule is COOCC1CCC(C)(c2ccccc2)CC1=O. The highest BCUT2D eigenvalue weighted by atomic mass is 17.2. The fourth-order valence-corrected chi connectivity index (χ4v) is 2.68. The maximum absolute atomic E-state index is 12.2. The molecule has 98 valence electrons. The summed E-state index contributed by atoms with van der Waals surface area (Å²) in [6.45, 7) is 2.55. The van der Waals surface area contributed by atoms with Gasteiger partial charge in [0.25, 0.3) is 0 Å². The molecule has 2 rings (SSSR count). The van der Waals surface area contributed by atoms with Crippen LogP contribution in [0.4, 0.5) is 0 Å². The average Bonchev–Trinajstić information content (AvgIpc) is 2.39. The van der Waals surface area contributed by atoms with Crippen LogP contribution >= 0.6 is 0 Å². The monoisotopic (exact) mass is 248 g/mol. The summed E-state index contributed by atoms with van der Waals surface area (Å²) >= 11 is 0. The Balaban J connectivity index is 2.05. The normalized spacial score (nSPS) is 28.3. The van der Waals surface area contributed by atoms with E-state index in [1.54, 1.807) is 0 Å². The maximum atomic E-state index is 12.2. The third-order valence-electron chi connectivity index (χ3n) is 3.92. The first kappa shape index (κ1) is 13.2. The van der Waals surface area contributed by atoms with Crippen molar-refractivity contribution in [2.75, 3.05) is 13.7 Å². The van der Waals surface area contributed by atoms with Gasteiger partial charge in [0.1, 0.15) is 5.78 Å². The second kappa shape index (κ2) is 5.63. The second-order valence-corrected chi connectivity index (χ2v) is 5.26. The summed E-state index contributed by atoms with van der Waals surface area (Å²) in [5.74, 6) is 0.270. The fourth-order valence-electron chi connectivity index (χ4n) is 2.68. The molecule has 0 amide bonds. The van der Waals surface area contributed by atoms with Crippen LogP contribution in [0.25, 0.3) is 0 Å². The Kier molecular flexibility index (Phi) is 4.15. The standard InChI is InChI=1S/C15H20O3/c1-15(13-6-4-3-5-7-13)9-8-12(11-18-17-2)14(16)10-15/h3-7,12H,8-11H2,1-2H3. The Morgan fingerprint density at radius 1 is 1.33 bits per heavy atom. The lowest BCUT2D eigenvalue weighted by atomic mass is 9.67. The largest absolute Gasteiger partial charge is 0.299 e. The van der Waals surface area contributed by atoms with E-state index in [4.69, 9.17) is 4.89 Å². The minimum atomic E-state index is -0.0259. The zero-order chi connectivity index (χ0) is 13.0. The van der Waals surface area contributed by atoms with Gasteiger partial charge in [0.15, 0.2) is 0 Å². The first-order chi connectivity index (χ1) is 8.65. The second-order valence-electron chi connectivity index (χ2n) is 5.26. The van der Waals surface area contributed by atoms with Crippen molar-refractivity contribution in [2.45, 2.75) is 31.6 Å². The van der Waals surface area contributed by atoms with Crippen LogP contribution < -0.4 is 0 Å². The van der Waals surface area contributed by atoms with Crippen LogP contribution in [0.15, 0.2) is 30.3 Å². The molecule has 1 aromatic rings. The van der Waals surface area contributed by atoms with Gasteiger partial charge in [-0.3, -0.25) is 4.79 Å². The van der Waals surface area contributed by atoms with E-state index >= 15 is 0 Å². The summed E-state index contributed by atoms with van der Waals surface area (Å²) < 4.78 is 0. The van der Waals surface area contributed by atoms with Crippen molar-refractivity contribution in [2.24, 2.45) is 5.92 Å². The lowest BCUT2D eigenvalue weighted by Gasteiger charge is -2.36. The van der Waals surface area contributed by atoms with Crippen molar-refractivity contribution in [3.05, 3.63) is 35.9 Å². The number of Topliss-reactive ketones (excluding diaryl/α,β-unsaturated/α-hetero) is 1. The summed E-state index contributed by atoms with van der Waals surface area (Å²) in [6.07, 6.45) is 2.48. The van der Waals surface area contributed by atoms with Gasteiger partial charge in [0, 0.05) is 12.3 Å². The number of carbonyl (C=O) groups is 1. The molecule has 18 heavy (non-hydrogen) atoms. The summed E-state index contributed by atoms with van der Waals surface area (Å²) in [5.41, 5.74) is 1.23. The van der Waals surface area contributed by atoms with E-state index < -0.39 is 0 Å². The summed E-state index contributed by atoms with van der Waals surface area (Å²) in [4.78, 5) is 21.6. The molecule has 0 aliphatic heterocycles. The van der Waals surface area contributed by atoms with Gasteiger partial charge in [-0.25, -0.2) is 9.78 Å². The van der Waals surface area contributed by atoms with Crippen LogP contribution in [0.3, 0.4) is 0 Å². The van der Waals surface area contributed by atoms with Gasteiger partial charge in [-0.2, -0.15) is 0 Å². The molecule has 2 unspecified atom stereocenters. The minimum Gasteiger partial charge on any atom is -0.299 e. The quantitative estimate of drug-likeness (QED) is 0.607. The molecule has 1 saturated carbocycles. The first-order valence-corrected chi connectivity index (χ1v) is 6.39. The number of benzene rings is 1. The van der Waals surface area contributed by atoms with Crippen molar-refractivity contribution >= 4 is 5.78 Å². The number of hydrogen-bond acceptors (Lipinski definition) is 3. The molecular weight excluding hydrogens is 228 g/mol. The Morgan fingerprint density at radius 2 is 2.06 bits per heavy atom. The predicted octanol–water partition coefficient (Wildman–Crippen LogP) is 2.89. The predicted molar refractivity (Wildman–Crippen MR) is 69.1 cm³/mol. The molecule has 0 bridgehead atoms. The van der Waals surface area contributed by atoms with Crippen molar-refractivity contribution < 1.29 is 14.6 Å². The molecule has 3 heteroatoms. The molecule has 0 spiro atoms. The van der Waals surface area contributed by atoms with Gasteiger partial charge in [-0.1, -0.05) is 37.3 Å². The van der Waals surface area contributed by atoms with Gasteiger partial charge in [0.05, 0.1) is 13.7 Å². The lowest BCUT2D eigenvalue weighted by molar-refractivity contribution is -0.279. The Morgan fingerprint density at radius 3 is 2.67 bits per heavy atom. The fraction of sp³-hybridized carbons (Fsp3) is 0.533. The molecule has 0 aromatic heterocycles. The zero-order valence-electron chi connectivity index (χ0n) is 11.0. The van der Waals surface area contributed by atoms with Gasteiger partial charge in [-0.05, 0) is 23.8 Å². The van der Waals surface area contributed by atoms with E-state index in [0.717, 1.165) is 12.8 Å². The highest BCUT2D eigenvalue weighted by Crippen LogP contribution is 2.39. The van der Waals surface area contributed by atoms with Crippen LogP contribution in [0.5, 0.6) is 0 Å². The molecule has 2 atom stereocenters. The van der Waals surface area contributed by atoms with Crippen LogP contribution in [0.1, 0.15) is 31.7 Å². The van der Waals surface area contributed by atoms with Gasteiger partial charge in [0.2, 0.25) is 0 Å². The smallest absolute Gasteiger partial charge is 0.139 e. The maximum Gasteiger partial charge on any atom is 0.139 e. The van der Waals surface area contributed by atoms with E-state index in [-0.39, 0.29) is 17.1 Å². The molecule has 1 aliphatic rings. The van der Waals surface area contributed by atoms with E-state index in [9.17, 15) is 4.79 Å². The molecule has 1 aliphatic carbocycles. The lowest BCUT2D eigenvalue weighted by Crippen LogP contribution is -2.37. The third-order valence-corrected chi connectivity index (χ3v) is 3.92. The van der Waals surface area contributed by atoms with E-state index in [0.29, 0.717) is 13.0 Å². The molecule has 1 aromatic carbocycles. The van der Waals surface area contributed by atoms with Crippen molar-refractivity contribution in [3.8, 4) is 0 Å².